The van der Waals surface area contributed by atoms with Gasteiger partial charge in [-0.1, -0.05) is 24.4 Å². The Bertz CT molecular complexity index is 476. The molecule has 0 saturated heterocycles. The van der Waals surface area contributed by atoms with E-state index in [2.05, 4.69) is 10.6 Å². The highest BCUT2D eigenvalue weighted by molar-refractivity contribution is 6.32. The highest BCUT2D eigenvalue weighted by atomic mass is 35.5. The number of nitrogens with one attached hydrogen (secondary N) is 2. The van der Waals surface area contributed by atoms with Crippen molar-refractivity contribution in [3.8, 4) is 5.75 Å². The van der Waals surface area contributed by atoms with E-state index in [4.69, 9.17) is 21.1 Å². The van der Waals surface area contributed by atoms with E-state index in [1.807, 2.05) is 0 Å². The molecule has 2 rings (SSSR count). The standard InChI is InChI=1S/C15H21ClN2O3/c1-20-8-9-21-14-7-6-12(10-13(14)16)18-15(19)17-11-4-2-3-5-11/h6-7,10-11H,2-5,8-9H2,1H3,(H2,17,18,19). The molecule has 0 spiro atoms. The van der Waals surface area contributed by atoms with Gasteiger partial charge >= 0.3 is 6.03 Å². The van der Waals surface area contributed by atoms with Crippen LogP contribution in [0.2, 0.25) is 5.02 Å². The zero-order chi connectivity index (χ0) is 15.1. The summed E-state index contributed by atoms with van der Waals surface area (Å²) in [6, 6.07) is 5.28. The summed E-state index contributed by atoms with van der Waals surface area (Å²) >= 11 is 6.12. The molecule has 0 atom stereocenters. The molecule has 2 N–H and O–H groups in total. The molecule has 5 nitrogen and oxygen atoms in total. The van der Waals surface area contributed by atoms with Gasteiger partial charge < -0.3 is 20.1 Å². The molecule has 0 unspecified atom stereocenters. The number of amides is 2. The Labute approximate surface area is 130 Å². The number of halogens is 1. The molecule has 1 saturated carbocycles. The van der Waals surface area contributed by atoms with Gasteiger partial charge in [0.25, 0.3) is 0 Å². The zero-order valence-corrected chi connectivity index (χ0v) is 12.9. The first-order valence-corrected chi connectivity index (χ1v) is 7.55. The maximum Gasteiger partial charge on any atom is 0.319 e. The summed E-state index contributed by atoms with van der Waals surface area (Å²) in [4.78, 5) is 11.9. The second-order valence-electron chi connectivity index (χ2n) is 5.07. The fraction of sp³-hybridized carbons (Fsp3) is 0.533. The van der Waals surface area contributed by atoms with E-state index in [1.165, 1.54) is 12.8 Å². The fourth-order valence-corrected chi connectivity index (χ4v) is 2.59. The van der Waals surface area contributed by atoms with Gasteiger partial charge in [0.15, 0.2) is 0 Å². The van der Waals surface area contributed by atoms with E-state index in [9.17, 15) is 4.79 Å². The van der Waals surface area contributed by atoms with Crippen molar-refractivity contribution in [1.82, 2.24) is 5.32 Å². The Kier molecular flexibility index (Phi) is 6.14. The number of hydrogen-bond donors (Lipinski definition) is 2. The molecule has 1 aliphatic carbocycles. The molecule has 0 heterocycles. The van der Waals surface area contributed by atoms with Crippen LogP contribution in [-0.4, -0.2) is 32.4 Å². The van der Waals surface area contributed by atoms with Gasteiger partial charge in [-0.3, -0.25) is 0 Å². The number of carbonyl (C=O) groups is 1. The van der Waals surface area contributed by atoms with Gasteiger partial charge in [-0.2, -0.15) is 0 Å². The van der Waals surface area contributed by atoms with E-state index in [0.717, 1.165) is 12.8 Å². The van der Waals surface area contributed by atoms with Gasteiger partial charge in [0, 0.05) is 18.8 Å². The second kappa shape index (κ2) is 8.10. The normalized spacial score (nSPS) is 15.0. The van der Waals surface area contributed by atoms with E-state index in [0.29, 0.717) is 29.7 Å². The summed E-state index contributed by atoms with van der Waals surface area (Å²) < 4.78 is 10.4. The Morgan fingerprint density at radius 3 is 2.76 bits per heavy atom. The van der Waals surface area contributed by atoms with E-state index < -0.39 is 0 Å². The predicted molar refractivity (Wildman–Crippen MR) is 83.2 cm³/mol. The molecule has 1 aromatic carbocycles. The quantitative estimate of drug-likeness (QED) is 0.791. The van der Waals surface area contributed by atoms with Crippen molar-refractivity contribution >= 4 is 23.3 Å². The number of urea groups is 1. The topological polar surface area (TPSA) is 59.6 Å². The summed E-state index contributed by atoms with van der Waals surface area (Å²) in [6.07, 6.45) is 4.48. The Morgan fingerprint density at radius 2 is 2.10 bits per heavy atom. The molecule has 0 bridgehead atoms. The molecule has 0 aromatic heterocycles. The SMILES string of the molecule is COCCOc1ccc(NC(=O)NC2CCCC2)cc1Cl. The smallest absolute Gasteiger partial charge is 0.319 e. The van der Waals surface area contributed by atoms with Crippen LogP contribution in [0.15, 0.2) is 18.2 Å². The highest BCUT2D eigenvalue weighted by Crippen LogP contribution is 2.27. The number of ether oxygens (including phenoxy) is 2. The van der Waals surface area contributed by atoms with Crippen LogP contribution in [0.5, 0.6) is 5.75 Å². The second-order valence-corrected chi connectivity index (χ2v) is 5.47. The van der Waals surface area contributed by atoms with Crippen LogP contribution < -0.4 is 15.4 Å². The first-order chi connectivity index (χ1) is 10.2. The molecular weight excluding hydrogens is 292 g/mol. The van der Waals surface area contributed by atoms with Crippen molar-refractivity contribution in [3.05, 3.63) is 23.2 Å². The number of carbonyl (C=O) groups excluding carboxylic acids is 1. The largest absolute Gasteiger partial charge is 0.490 e. The molecule has 116 valence electrons. The third-order valence-electron chi connectivity index (χ3n) is 3.43. The van der Waals surface area contributed by atoms with Crippen LogP contribution in [-0.2, 0) is 4.74 Å². The molecule has 1 fully saturated rings. The van der Waals surface area contributed by atoms with Crippen molar-refractivity contribution in [3.63, 3.8) is 0 Å². The van der Waals surface area contributed by atoms with E-state index in [-0.39, 0.29) is 12.1 Å². The predicted octanol–water partition coefficient (Wildman–Crippen LogP) is 3.43. The average Bonchev–Trinajstić information content (AvgIpc) is 2.94. The lowest BCUT2D eigenvalue weighted by Crippen LogP contribution is -2.36. The third kappa shape index (κ3) is 5.10. The third-order valence-corrected chi connectivity index (χ3v) is 3.72. The summed E-state index contributed by atoms with van der Waals surface area (Å²) in [5.74, 6) is 0.579. The fourth-order valence-electron chi connectivity index (χ4n) is 2.35. The minimum atomic E-state index is -0.189. The lowest BCUT2D eigenvalue weighted by Gasteiger charge is -2.14. The van der Waals surface area contributed by atoms with Crippen molar-refractivity contribution in [1.29, 1.82) is 0 Å². The molecule has 0 aliphatic heterocycles. The summed E-state index contributed by atoms with van der Waals surface area (Å²) in [6.45, 7) is 0.936. The first kappa shape index (κ1) is 15.9. The van der Waals surface area contributed by atoms with E-state index >= 15 is 0 Å². The Morgan fingerprint density at radius 1 is 1.33 bits per heavy atom. The lowest BCUT2D eigenvalue weighted by atomic mass is 10.2. The van der Waals surface area contributed by atoms with Crippen LogP contribution in [0.25, 0.3) is 0 Å². The minimum Gasteiger partial charge on any atom is -0.490 e. The molecule has 1 aromatic rings. The highest BCUT2D eigenvalue weighted by Gasteiger charge is 2.17. The van der Waals surface area contributed by atoms with Crippen molar-refractivity contribution in [2.75, 3.05) is 25.6 Å². The molecular formula is C15H21ClN2O3. The minimum absolute atomic E-state index is 0.189. The number of hydrogen-bond acceptors (Lipinski definition) is 3. The molecule has 0 radical (unpaired) electrons. The van der Waals surface area contributed by atoms with E-state index in [1.54, 1.807) is 25.3 Å². The Hall–Kier alpha value is -1.46. The summed E-state index contributed by atoms with van der Waals surface area (Å²) in [7, 11) is 1.61. The van der Waals surface area contributed by atoms with Crippen LogP contribution in [0.4, 0.5) is 10.5 Å². The number of anilines is 1. The maximum absolute atomic E-state index is 11.9. The van der Waals surface area contributed by atoms with Crippen molar-refractivity contribution in [2.24, 2.45) is 0 Å². The van der Waals surface area contributed by atoms with Crippen LogP contribution in [0.3, 0.4) is 0 Å². The van der Waals surface area contributed by atoms with Crippen LogP contribution >= 0.6 is 11.6 Å². The first-order valence-electron chi connectivity index (χ1n) is 7.18. The van der Waals surface area contributed by atoms with Crippen LogP contribution in [0, 0.1) is 0 Å². The molecule has 2 amide bonds. The molecule has 6 heteroatoms. The summed E-state index contributed by atoms with van der Waals surface area (Å²) in [5.41, 5.74) is 0.648. The number of methoxy groups -OCH3 is 1. The van der Waals surface area contributed by atoms with Gasteiger partial charge in [0.1, 0.15) is 12.4 Å². The number of benzene rings is 1. The van der Waals surface area contributed by atoms with Crippen molar-refractivity contribution < 1.29 is 14.3 Å². The lowest BCUT2D eigenvalue weighted by molar-refractivity contribution is 0.146. The average molecular weight is 313 g/mol. The van der Waals surface area contributed by atoms with Crippen LogP contribution in [0.1, 0.15) is 25.7 Å². The molecule has 21 heavy (non-hydrogen) atoms. The number of rotatable bonds is 6. The molecule has 1 aliphatic rings. The Balaban J connectivity index is 1.85. The monoisotopic (exact) mass is 312 g/mol. The van der Waals surface area contributed by atoms with Gasteiger partial charge in [-0.25, -0.2) is 4.79 Å². The zero-order valence-electron chi connectivity index (χ0n) is 12.2. The van der Waals surface area contributed by atoms with Gasteiger partial charge in [0.05, 0.1) is 11.6 Å². The maximum atomic E-state index is 11.9. The van der Waals surface area contributed by atoms with Gasteiger partial charge in [-0.15, -0.1) is 0 Å². The van der Waals surface area contributed by atoms with Crippen molar-refractivity contribution in [2.45, 2.75) is 31.7 Å². The van der Waals surface area contributed by atoms with Gasteiger partial charge in [0.2, 0.25) is 0 Å². The summed E-state index contributed by atoms with van der Waals surface area (Å²) in [5, 5.41) is 6.21. The van der Waals surface area contributed by atoms with Gasteiger partial charge in [-0.05, 0) is 31.0 Å².